The summed E-state index contributed by atoms with van der Waals surface area (Å²) in [5.41, 5.74) is 0. The fourth-order valence-electron chi connectivity index (χ4n) is 2.10. The summed E-state index contributed by atoms with van der Waals surface area (Å²) in [5.74, 6) is 0.778. The molecule has 27 heavy (non-hydrogen) atoms. The number of amides is 1. The Bertz CT molecular complexity index is 939. The van der Waals surface area contributed by atoms with Crippen molar-refractivity contribution in [1.29, 1.82) is 0 Å². The summed E-state index contributed by atoms with van der Waals surface area (Å²) in [6.45, 7) is 0.185. The average molecular weight is 470 g/mol. The molecule has 0 aliphatic heterocycles. The zero-order valence-electron chi connectivity index (χ0n) is 13.3. The Balaban J connectivity index is 1.66. The standard InChI is InChI=1S/C17H10Cl5NO4/c18-11-12(19)14(21)16(15(22)13(11)20)26-7-9-3-4-10(27-9)17(24)23-6-8-2-1-5-25-8/h1-5H,6-7H2,(H,23,24). The first kappa shape index (κ1) is 20.2. The average Bonchev–Trinajstić information content (AvgIpc) is 3.34. The molecule has 0 bridgehead atoms. The van der Waals surface area contributed by atoms with E-state index in [1.807, 2.05) is 0 Å². The number of carbonyl (C=O) groups excluding carboxylic acids is 1. The van der Waals surface area contributed by atoms with Crippen molar-refractivity contribution < 1.29 is 18.4 Å². The molecule has 0 spiro atoms. The lowest BCUT2D eigenvalue weighted by atomic mass is 10.3. The van der Waals surface area contributed by atoms with E-state index in [1.165, 1.54) is 12.3 Å². The van der Waals surface area contributed by atoms with Crippen molar-refractivity contribution >= 4 is 63.9 Å². The van der Waals surface area contributed by atoms with Crippen molar-refractivity contribution in [2.24, 2.45) is 0 Å². The molecular formula is C17H10Cl5NO4. The summed E-state index contributed by atoms with van der Waals surface area (Å²) in [5, 5.41) is 2.81. The van der Waals surface area contributed by atoms with Crippen LogP contribution in [0.25, 0.3) is 0 Å². The number of ether oxygens (including phenoxy) is 1. The normalized spacial score (nSPS) is 10.9. The highest BCUT2D eigenvalue weighted by atomic mass is 35.5. The minimum absolute atomic E-state index is 0.0269. The van der Waals surface area contributed by atoms with Gasteiger partial charge in [-0.25, -0.2) is 0 Å². The quantitative estimate of drug-likeness (QED) is 0.324. The molecule has 0 radical (unpaired) electrons. The van der Waals surface area contributed by atoms with Gasteiger partial charge in [0, 0.05) is 0 Å². The second-order valence-electron chi connectivity index (χ2n) is 5.22. The van der Waals surface area contributed by atoms with E-state index < -0.39 is 5.91 Å². The van der Waals surface area contributed by atoms with Gasteiger partial charge in [0.05, 0.1) is 27.9 Å². The van der Waals surface area contributed by atoms with Gasteiger partial charge in [-0.15, -0.1) is 0 Å². The Morgan fingerprint density at radius 2 is 1.59 bits per heavy atom. The Labute approximate surface area is 179 Å². The number of halogens is 5. The zero-order valence-corrected chi connectivity index (χ0v) is 17.1. The van der Waals surface area contributed by atoms with Crippen molar-refractivity contribution in [1.82, 2.24) is 5.32 Å². The molecule has 0 saturated carbocycles. The Morgan fingerprint density at radius 3 is 2.22 bits per heavy atom. The molecule has 2 heterocycles. The minimum Gasteiger partial charge on any atom is -0.482 e. The Kier molecular flexibility index (Phi) is 6.50. The number of furan rings is 2. The van der Waals surface area contributed by atoms with E-state index in [1.54, 1.807) is 18.2 Å². The largest absolute Gasteiger partial charge is 0.482 e. The van der Waals surface area contributed by atoms with Crippen LogP contribution in [0.5, 0.6) is 5.75 Å². The molecule has 2 aromatic heterocycles. The second kappa shape index (κ2) is 8.67. The molecule has 5 nitrogen and oxygen atoms in total. The number of benzene rings is 1. The summed E-state index contributed by atoms with van der Waals surface area (Å²) in [7, 11) is 0. The molecule has 142 valence electrons. The van der Waals surface area contributed by atoms with E-state index in [-0.39, 0.29) is 49.8 Å². The maximum absolute atomic E-state index is 12.1. The topological polar surface area (TPSA) is 64.6 Å². The number of carbonyl (C=O) groups is 1. The molecule has 3 rings (SSSR count). The summed E-state index contributed by atoms with van der Waals surface area (Å²) in [6.07, 6.45) is 1.52. The number of nitrogens with one attached hydrogen (secondary N) is 1. The smallest absolute Gasteiger partial charge is 0.287 e. The second-order valence-corrected chi connectivity index (χ2v) is 7.11. The Hall–Kier alpha value is -1.50. The van der Waals surface area contributed by atoms with Gasteiger partial charge in [0.15, 0.2) is 11.5 Å². The number of hydrogen-bond acceptors (Lipinski definition) is 4. The van der Waals surface area contributed by atoms with Gasteiger partial charge >= 0.3 is 0 Å². The van der Waals surface area contributed by atoms with Crippen LogP contribution in [0.15, 0.2) is 39.4 Å². The van der Waals surface area contributed by atoms with Crippen LogP contribution < -0.4 is 10.1 Å². The van der Waals surface area contributed by atoms with E-state index in [4.69, 9.17) is 71.6 Å². The van der Waals surface area contributed by atoms with Crippen LogP contribution in [-0.4, -0.2) is 5.91 Å². The lowest BCUT2D eigenvalue weighted by Crippen LogP contribution is -2.21. The number of hydrogen-bond donors (Lipinski definition) is 1. The molecule has 10 heteroatoms. The molecule has 0 atom stereocenters. The molecule has 1 amide bonds. The molecule has 1 aromatic carbocycles. The van der Waals surface area contributed by atoms with Gasteiger partial charge in [0.2, 0.25) is 0 Å². The molecule has 0 aliphatic carbocycles. The van der Waals surface area contributed by atoms with Crippen LogP contribution in [0.4, 0.5) is 0 Å². The number of rotatable bonds is 6. The van der Waals surface area contributed by atoms with Gasteiger partial charge in [-0.1, -0.05) is 58.0 Å². The van der Waals surface area contributed by atoms with E-state index >= 15 is 0 Å². The SMILES string of the molecule is O=C(NCc1ccco1)c1ccc(COc2c(Cl)c(Cl)c(Cl)c(Cl)c2Cl)o1. The third-order valence-electron chi connectivity index (χ3n) is 3.42. The molecule has 0 aliphatic rings. The van der Waals surface area contributed by atoms with E-state index in [0.717, 1.165) is 0 Å². The van der Waals surface area contributed by atoms with Gasteiger partial charge in [-0.05, 0) is 24.3 Å². The summed E-state index contributed by atoms with van der Waals surface area (Å²) in [6, 6.07) is 6.58. The maximum atomic E-state index is 12.1. The highest BCUT2D eigenvalue weighted by Crippen LogP contribution is 2.48. The van der Waals surface area contributed by atoms with Crippen molar-refractivity contribution in [3.63, 3.8) is 0 Å². The predicted molar refractivity (Wildman–Crippen MR) is 104 cm³/mol. The zero-order chi connectivity index (χ0) is 19.6. The van der Waals surface area contributed by atoms with Crippen LogP contribution in [0.3, 0.4) is 0 Å². The van der Waals surface area contributed by atoms with E-state index in [9.17, 15) is 4.79 Å². The van der Waals surface area contributed by atoms with Gasteiger partial charge in [0.25, 0.3) is 5.91 Å². The van der Waals surface area contributed by atoms with Crippen molar-refractivity contribution in [3.8, 4) is 5.75 Å². The van der Waals surface area contributed by atoms with Gasteiger partial charge in [-0.3, -0.25) is 4.79 Å². The van der Waals surface area contributed by atoms with Gasteiger partial charge in [0.1, 0.15) is 28.2 Å². The first-order valence-corrected chi connectivity index (χ1v) is 9.31. The van der Waals surface area contributed by atoms with Crippen LogP contribution in [0, 0.1) is 0 Å². The van der Waals surface area contributed by atoms with Gasteiger partial charge in [-0.2, -0.15) is 0 Å². The fraction of sp³-hybridized carbons (Fsp3) is 0.118. The molecular weight excluding hydrogens is 459 g/mol. The van der Waals surface area contributed by atoms with Gasteiger partial charge < -0.3 is 18.9 Å². The fourth-order valence-corrected chi connectivity index (χ4v) is 3.33. The first-order chi connectivity index (χ1) is 12.9. The minimum atomic E-state index is -0.397. The van der Waals surface area contributed by atoms with E-state index in [0.29, 0.717) is 11.5 Å². The third kappa shape index (κ3) is 4.50. The van der Waals surface area contributed by atoms with Crippen LogP contribution >= 0.6 is 58.0 Å². The Morgan fingerprint density at radius 1 is 0.926 bits per heavy atom. The van der Waals surface area contributed by atoms with Crippen LogP contribution in [0.2, 0.25) is 25.1 Å². The molecule has 1 N–H and O–H groups in total. The summed E-state index contributed by atoms with van der Waals surface area (Å²) < 4.78 is 16.1. The van der Waals surface area contributed by atoms with Crippen LogP contribution in [-0.2, 0) is 13.2 Å². The molecule has 0 fully saturated rings. The lowest BCUT2D eigenvalue weighted by molar-refractivity contribution is 0.0916. The highest BCUT2D eigenvalue weighted by molar-refractivity contribution is 6.55. The third-order valence-corrected chi connectivity index (χ3v) is 5.66. The molecule has 0 unspecified atom stereocenters. The van der Waals surface area contributed by atoms with Crippen molar-refractivity contribution in [2.75, 3.05) is 0 Å². The summed E-state index contributed by atoms with van der Waals surface area (Å²) >= 11 is 30.1. The molecule has 3 aromatic rings. The lowest BCUT2D eigenvalue weighted by Gasteiger charge is -2.12. The van der Waals surface area contributed by atoms with Crippen molar-refractivity contribution in [2.45, 2.75) is 13.2 Å². The van der Waals surface area contributed by atoms with Crippen molar-refractivity contribution in [3.05, 3.63) is 72.9 Å². The maximum Gasteiger partial charge on any atom is 0.287 e. The predicted octanol–water partition coefficient (Wildman–Crippen LogP) is 6.65. The summed E-state index contributed by atoms with van der Waals surface area (Å²) in [4.78, 5) is 12.1. The van der Waals surface area contributed by atoms with Crippen LogP contribution in [0.1, 0.15) is 22.1 Å². The van der Waals surface area contributed by atoms with E-state index in [2.05, 4.69) is 5.32 Å². The highest BCUT2D eigenvalue weighted by Gasteiger charge is 2.21. The monoisotopic (exact) mass is 467 g/mol. The first-order valence-electron chi connectivity index (χ1n) is 7.42. The molecule has 0 saturated heterocycles.